The second-order valence-corrected chi connectivity index (χ2v) is 2.96. The van der Waals surface area contributed by atoms with Gasteiger partial charge in [-0.3, -0.25) is 9.59 Å². The molecular formula is C7H9NO2. The number of Topliss-reactive ketones (excluding diaryl/α,β-unsaturated/α-hetero) is 1. The summed E-state index contributed by atoms with van der Waals surface area (Å²) in [6.45, 7) is 0.378. The largest absolute Gasteiger partial charge is 0.332 e. The highest BCUT2D eigenvalue weighted by Crippen LogP contribution is 2.26. The first-order valence-corrected chi connectivity index (χ1v) is 3.58. The van der Waals surface area contributed by atoms with Gasteiger partial charge in [0.1, 0.15) is 0 Å². The molecule has 0 aliphatic carbocycles. The van der Waals surface area contributed by atoms with Crippen molar-refractivity contribution >= 4 is 11.7 Å². The van der Waals surface area contributed by atoms with Crippen LogP contribution in [0.1, 0.15) is 19.3 Å². The molecule has 0 saturated carbocycles. The van der Waals surface area contributed by atoms with Gasteiger partial charge in [0.15, 0.2) is 5.78 Å². The molecule has 1 atom stereocenters. The van der Waals surface area contributed by atoms with Gasteiger partial charge < -0.3 is 4.90 Å². The van der Waals surface area contributed by atoms with E-state index in [1.807, 2.05) is 0 Å². The van der Waals surface area contributed by atoms with Crippen LogP contribution in [0.15, 0.2) is 0 Å². The predicted octanol–water partition coefficient (Wildman–Crippen LogP) is -0.0498. The summed E-state index contributed by atoms with van der Waals surface area (Å²) in [6, 6.07) is 0.264. The van der Waals surface area contributed by atoms with E-state index in [0.29, 0.717) is 19.4 Å². The van der Waals surface area contributed by atoms with Gasteiger partial charge in [-0.2, -0.15) is 0 Å². The lowest BCUT2D eigenvalue weighted by molar-refractivity contribution is -0.129. The highest BCUT2D eigenvalue weighted by molar-refractivity contribution is 5.91. The van der Waals surface area contributed by atoms with Crippen molar-refractivity contribution in [3.8, 4) is 0 Å². The van der Waals surface area contributed by atoms with Crippen molar-refractivity contribution < 1.29 is 9.59 Å². The van der Waals surface area contributed by atoms with Crippen molar-refractivity contribution in [3.05, 3.63) is 0 Å². The molecule has 2 saturated heterocycles. The van der Waals surface area contributed by atoms with E-state index >= 15 is 0 Å². The molecule has 2 rings (SSSR count). The standard InChI is InChI=1S/C7H9NO2/c9-6-3-5-1-2-7(10)8(5)4-6/h5H,1-4H2/t5-/m0/s1. The quantitative estimate of drug-likeness (QED) is 0.472. The second kappa shape index (κ2) is 1.81. The van der Waals surface area contributed by atoms with E-state index in [-0.39, 0.29) is 17.7 Å². The molecule has 1 amide bonds. The molecule has 0 aromatic carbocycles. The molecular weight excluding hydrogens is 130 g/mol. The Bertz CT molecular complexity index is 200. The van der Waals surface area contributed by atoms with E-state index in [1.54, 1.807) is 4.90 Å². The molecule has 54 valence electrons. The van der Waals surface area contributed by atoms with Crippen LogP contribution in [0.3, 0.4) is 0 Å². The summed E-state index contributed by atoms with van der Waals surface area (Å²) in [5, 5.41) is 0. The fraction of sp³-hybridized carbons (Fsp3) is 0.714. The Morgan fingerprint density at radius 2 is 2.20 bits per heavy atom. The molecule has 0 aromatic rings. The molecule has 0 aromatic heterocycles. The fourth-order valence-electron chi connectivity index (χ4n) is 1.74. The molecule has 0 spiro atoms. The van der Waals surface area contributed by atoms with Crippen molar-refractivity contribution in [1.29, 1.82) is 0 Å². The van der Waals surface area contributed by atoms with Crippen molar-refractivity contribution in [3.63, 3.8) is 0 Å². The van der Waals surface area contributed by atoms with Crippen LogP contribution >= 0.6 is 0 Å². The van der Waals surface area contributed by atoms with Gasteiger partial charge in [0, 0.05) is 18.9 Å². The Morgan fingerprint density at radius 3 is 2.90 bits per heavy atom. The molecule has 0 N–H and O–H groups in total. The van der Waals surface area contributed by atoms with Crippen LogP contribution in [0.2, 0.25) is 0 Å². The lowest BCUT2D eigenvalue weighted by Gasteiger charge is -2.11. The minimum atomic E-state index is 0.163. The van der Waals surface area contributed by atoms with Crippen LogP contribution in [-0.2, 0) is 9.59 Å². The van der Waals surface area contributed by atoms with E-state index < -0.39 is 0 Å². The maximum absolute atomic E-state index is 11.0. The molecule has 0 radical (unpaired) electrons. The summed E-state index contributed by atoms with van der Waals surface area (Å²) in [4.78, 5) is 23.5. The van der Waals surface area contributed by atoms with Crippen LogP contribution < -0.4 is 0 Å². The zero-order valence-electron chi connectivity index (χ0n) is 5.67. The first-order chi connectivity index (χ1) is 4.77. The van der Waals surface area contributed by atoms with E-state index in [2.05, 4.69) is 0 Å². The average molecular weight is 139 g/mol. The number of ketones is 1. The molecule has 2 heterocycles. The number of amides is 1. The SMILES string of the molecule is O=C1C[C@@H]2CCC(=O)N2C1. The van der Waals surface area contributed by atoms with Gasteiger partial charge in [0.05, 0.1) is 6.54 Å². The first kappa shape index (κ1) is 5.89. The molecule has 0 unspecified atom stereocenters. The summed E-state index contributed by atoms with van der Waals surface area (Å²) in [6.07, 6.45) is 2.15. The summed E-state index contributed by atoms with van der Waals surface area (Å²) in [7, 11) is 0. The van der Waals surface area contributed by atoms with Crippen molar-refractivity contribution in [1.82, 2.24) is 4.90 Å². The Morgan fingerprint density at radius 1 is 1.40 bits per heavy atom. The predicted molar refractivity (Wildman–Crippen MR) is 34.4 cm³/mol. The molecule has 2 fully saturated rings. The van der Waals surface area contributed by atoms with Gasteiger partial charge in [-0.1, -0.05) is 0 Å². The van der Waals surface area contributed by atoms with Crippen LogP contribution in [-0.4, -0.2) is 29.2 Å². The van der Waals surface area contributed by atoms with Gasteiger partial charge >= 0.3 is 0 Å². The monoisotopic (exact) mass is 139 g/mol. The second-order valence-electron chi connectivity index (χ2n) is 2.96. The Balaban J connectivity index is 2.19. The van der Waals surface area contributed by atoms with E-state index in [4.69, 9.17) is 0 Å². The highest BCUT2D eigenvalue weighted by Gasteiger charge is 2.38. The van der Waals surface area contributed by atoms with Gasteiger partial charge in [0.2, 0.25) is 5.91 Å². The summed E-state index contributed by atoms with van der Waals surface area (Å²) in [5.41, 5.74) is 0. The van der Waals surface area contributed by atoms with Gasteiger partial charge in [0.25, 0.3) is 0 Å². The summed E-state index contributed by atoms with van der Waals surface area (Å²) in [5.74, 6) is 0.383. The number of carbonyl (C=O) groups is 2. The molecule has 10 heavy (non-hydrogen) atoms. The third kappa shape index (κ3) is 0.664. The third-order valence-corrected chi connectivity index (χ3v) is 2.26. The maximum atomic E-state index is 11.0. The number of hydrogen-bond acceptors (Lipinski definition) is 2. The smallest absolute Gasteiger partial charge is 0.223 e. The highest BCUT2D eigenvalue weighted by atomic mass is 16.2. The fourth-order valence-corrected chi connectivity index (χ4v) is 1.74. The van der Waals surface area contributed by atoms with Crippen LogP contribution in [0, 0.1) is 0 Å². The summed E-state index contributed by atoms with van der Waals surface area (Å²) < 4.78 is 0. The Hall–Kier alpha value is -0.860. The van der Waals surface area contributed by atoms with Gasteiger partial charge in [-0.25, -0.2) is 0 Å². The zero-order valence-corrected chi connectivity index (χ0v) is 5.67. The minimum absolute atomic E-state index is 0.163. The van der Waals surface area contributed by atoms with Crippen LogP contribution in [0.5, 0.6) is 0 Å². The summed E-state index contributed by atoms with van der Waals surface area (Å²) >= 11 is 0. The molecule has 2 aliphatic heterocycles. The number of hydrogen-bond donors (Lipinski definition) is 0. The van der Waals surface area contributed by atoms with Crippen molar-refractivity contribution in [2.45, 2.75) is 25.3 Å². The zero-order chi connectivity index (χ0) is 7.14. The van der Waals surface area contributed by atoms with E-state index in [0.717, 1.165) is 6.42 Å². The average Bonchev–Trinajstić information content (AvgIpc) is 2.35. The molecule has 3 nitrogen and oxygen atoms in total. The Kier molecular flexibility index (Phi) is 1.07. The minimum Gasteiger partial charge on any atom is -0.332 e. The number of carbonyl (C=O) groups excluding carboxylic acids is 2. The molecule has 2 aliphatic rings. The third-order valence-electron chi connectivity index (χ3n) is 2.26. The Labute approximate surface area is 59.0 Å². The maximum Gasteiger partial charge on any atom is 0.223 e. The van der Waals surface area contributed by atoms with Crippen molar-refractivity contribution in [2.24, 2.45) is 0 Å². The number of fused-ring (bicyclic) bond motifs is 1. The normalized spacial score (nSPS) is 31.6. The van der Waals surface area contributed by atoms with E-state index in [1.165, 1.54) is 0 Å². The van der Waals surface area contributed by atoms with Gasteiger partial charge in [-0.05, 0) is 6.42 Å². The molecule has 3 heteroatoms. The van der Waals surface area contributed by atoms with Gasteiger partial charge in [-0.15, -0.1) is 0 Å². The lowest BCUT2D eigenvalue weighted by Crippen LogP contribution is -2.27. The lowest BCUT2D eigenvalue weighted by atomic mass is 10.1. The van der Waals surface area contributed by atoms with Crippen LogP contribution in [0.25, 0.3) is 0 Å². The van der Waals surface area contributed by atoms with E-state index in [9.17, 15) is 9.59 Å². The number of nitrogens with zero attached hydrogens (tertiary/aromatic N) is 1. The topological polar surface area (TPSA) is 37.4 Å². The van der Waals surface area contributed by atoms with Crippen LogP contribution in [0.4, 0.5) is 0 Å². The number of rotatable bonds is 0. The molecule has 0 bridgehead atoms. The van der Waals surface area contributed by atoms with Crippen molar-refractivity contribution in [2.75, 3.05) is 6.54 Å². The first-order valence-electron chi connectivity index (χ1n) is 3.58.